The van der Waals surface area contributed by atoms with Crippen LogP contribution in [0.2, 0.25) is 0 Å². The third-order valence-corrected chi connectivity index (χ3v) is 2.41. The SMILES string of the molecule is Cn1cc(N)c(-c2nnc(-c3ccncc3)o2)n1. The van der Waals surface area contributed by atoms with Crippen molar-refractivity contribution in [3.8, 4) is 23.0 Å². The van der Waals surface area contributed by atoms with Gasteiger partial charge in [0, 0.05) is 31.2 Å². The number of aromatic nitrogens is 5. The molecule has 0 aliphatic rings. The van der Waals surface area contributed by atoms with Gasteiger partial charge in [0.05, 0.1) is 5.69 Å². The monoisotopic (exact) mass is 242 g/mol. The molecular weight excluding hydrogens is 232 g/mol. The van der Waals surface area contributed by atoms with Gasteiger partial charge in [0.2, 0.25) is 5.89 Å². The maximum atomic E-state index is 5.80. The third kappa shape index (κ3) is 1.71. The van der Waals surface area contributed by atoms with Crippen molar-refractivity contribution in [1.29, 1.82) is 0 Å². The van der Waals surface area contributed by atoms with E-state index in [1.54, 1.807) is 42.5 Å². The van der Waals surface area contributed by atoms with E-state index in [0.717, 1.165) is 5.56 Å². The van der Waals surface area contributed by atoms with Crippen molar-refractivity contribution in [3.63, 3.8) is 0 Å². The summed E-state index contributed by atoms with van der Waals surface area (Å²) < 4.78 is 7.14. The standard InChI is InChI=1S/C11H10N6O/c1-17-6-8(12)9(16-17)11-15-14-10(18-11)7-2-4-13-5-3-7/h2-6H,12H2,1H3. The second-order valence-corrected chi connectivity index (χ2v) is 3.75. The van der Waals surface area contributed by atoms with E-state index < -0.39 is 0 Å². The van der Waals surface area contributed by atoms with Crippen molar-refractivity contribution in [2.75, 3.05) is 5.73 Å². The normalized spacial score (nSPS) is 10.7. The smallest absolute Gasteiger partial charge is 0.270 e. The van der Waals surface area contributed by atoms with Crippen molar-refractivity contribution in [2.24, 2.45) is 7.05 Å². The molecule has 0 bridgehead atoms. The zero-order valence-corrected chi connectivity index (χ0v) is 9.61. The van der Waals surface area contributed by atoms with Crippen LogP contribution in [0.15, 0.2) is 35.1 Å². The minimum absolute atomic E-state index is 0.305. The minimum atomic E-state index is 0.305. The highest BCUT2D eigenvalue weighted by atomic mass is 16.4. The van der Waals surface area contributed by atoms with Crippen molar-refractivity contribution in [2.45, 2.75) is 0 Å². The van der Waals surface area contributed by atoms with Gasteiger partial charge in [-0.05, 0) is 12.1 Å². The van der Waals surface area contributed by atoms with Crippen molar-refractivity contribution >= 4 is 5.69 Å². The number of hydrogen-bond acceptors (Lipinski definition) is 6. The van der Waals surface area contributed by atoms with Gasteiger partial charge in [0.1, 0.15) is 0 Å². The summed E-state index contributed by atoms with van der Waals surface area (Å²) in [6, 6.07) is 3.58. The number of nitrogens with zero attached hydrogens (tertiary/aromatic N) is 5. The summed E-state index contributed by atoms with van der Waals surface area (Å²) in [5, 5.41) is 12.1. The van der Waals surface area contributed by atoms with Crippen LogP contribution in [0.4, 0.5) is 5.69 Å². The fraction of sp³-hybridized carbons (Fsp3) is 0.0909. The number of anilines is 1. The van der Waals surface area contributed by atoms with E-state index in [4.69, 9.17) is 10.2 Å². The molecule has 0 radical (unpaired) electrons. The molecule has 0 atom stereocenters. The molecule has 0 aliphatic carbocycles. The predicted octanol–water partition coefficient (Wildman–Crippen LogP) is 1.11. The Balaban J connectivity index is 2.02. The average molecular weight is 242 g/mol. The highest BCUT2D eigenvalue weighted by Crippen LogP contribution is 2.25. The van der Waals surface area contributed by atoms with E-state index in [9.17, 15) is 0 Å². The highest BCUT2D eigenvalue weighted by Gasteiger charge is 2.15. The van der Waals surface area contributed by atoms with Gasteiger partial charge < -0.3 is 10.2 Å². The topological polar surface area (TPSA) is 95.7 Å². The van der Waals surface area contributed by atoms with Crippen molar-refractivity contribution in [3.05, 3.63) is 30.7 Å². The number of pyridine rings is 1. The quantitative estimate of drug-likeness (QED) is 0.723. The second-order valence-electron chi connectivity index (χ2n) is 3.75. The summed E-state index contributed by atoms with van der Waals surface area (Å²) in [6.07, 6.45) is 5.01. The van der Waals surface area contributed by atoms with Gasteiger partial charge in [-0.1, -0.05) is 0 Å². The minimum Gasteiger partial charge on any atom is -0.414 e. The third-order valence-electron chi connectivity index (χ3n) is 2.41. The first kappa shape index (κ1) is 10.5. The molecule has 0 amide bonds. The maximum Gasteiger partial charge on any atom is 0.270 e. The van der Waals surface area contributed by atoms with Crippen LogP contribution in [0.1, 0.15) is 0 Å². The fourth-order valence-electron chi connectivity index (χ4n) is 1.60. The predicted molar refractivity (Wildman–Crippen MR) is 64.1 cm³/mol. The van der Waals surface area contributed by atoms with E-state index in [0.29, 0.717) is 23.2 Å². The van der Waals surface area contributed by atoms with Crippen LogP contribution in [0, 0.1) is 0 Å². The van der Waals surface area contributed by atoms with E-state index in [-0.39, 0.29) is 0 Å². The Labute approximate surface area is 102 Å². The first-order valence-corrected chi connectivity index (χ1v) is 5.27. The molecule has 0 aromatic carbocycles. The molecule has 3 aromatic rings. The summed E-state index contributed by atoms with van der Waals surface area (Å²) >= 11 is 0. The van der Waals surface area contributed by atoms with E-state index in [2.05, 4.69) is 20.3 Å². The molecule has 0 unspecified atom stereocenters. The van der Waals surface area contributed by atoms with Gasteiger partial charge in [-0.3, -0.25) is 9.67 Å². The summed E-state index contributed by atoms with van der Waals surface area (Å²) in [7, 11) is 1.78. The Morgan fingerprint density at radius 1 is 1.17 bits per heavy atom. The van der Waals surface area contributed by atoms with E-state index >= 15 is 0 Å². The zero-order valence-electron chi connectivity index (χ0n) is 9.61. The van der Waals surface area contributed by atoms with Crippen molar-refractivity contribution in [1.82, 2.24) is 25.0 Å². The highest BCUT2D eigenvalue weighted by molar-refractivity contribution is 5.66. The summed E-state index contributed by atoms with van der Waals surface area (Å²) in [5.41, 5.74) is 7.60. The molecule has 0 saturated carbocycles. The van der Waals surface area contributed by atoms with Crippen LogP contribution >= 0.6 is 0 Å². The Bertz CT molecular complexity index is 672. The molecular formula is C11H10N6O. The number of rotatable bonds is 2. The molecule has 90 valence electrons. The van der Waals surface area contributed by atoms with Gasteiger partial charge in [-0.2, -0.15) is 5.10 Å². The summed E-state index contributed by atoms with van der Waals surface area (Å²) in [4.78, 5) is 3.93. The first-order valence-electron chi connectivity index (χ1n) is 5.27. The molecule has 3 rings (SSSR count). The van der Waals surface area contributed by atoms with Gasteiger partial charge in [0.15, 0.2) is 5.69 Å². The Morgan fingerprint density at radius 2 is 1.89 bits per heavy atom. The zero-order chi connectivity index (χ0) is 12.5. The molecule has 3 aromatic heterocycles. The number of aryl methyl sites for hydroxylation is 1. The van der Waals surface area contributed by atoms with Gasteiger partial charge in [-0.25, -0.2) is 0 Å². The lowest BCUT2D eigenvalue weighted by Crippen LogP contribution is -1.88. The number of nitrogens with two attached hydrogens (primary N) is 1. The van der Waals surface area contributed by atoms with Crippen LogP contribution in [0.5, 0.6) is 0 Å². The summed E-state index contributed by atoms with van der Waals surface area (Å²) in [5.74, 6) is 0.720. The lowest BCUT2D eigenvalue weighted by Gasteiger charge is -1.92. The molecule has 0 saturated heterocycles. The molecule has 0 spiro atoms. The van der Waals surface area contributed by atoms with Crippen molar-refractivity contribution < 1.29 is 4.42 Å². The molecule has 2 N–H and O–H groups in total. The van der Waals surface area contributed by atoms with Gasteiger partial charge >= 0.3 is 0 Å². The average Bonchev–Trinajstić information content (AvgIpc) is 2.97. The Hall–Kier alpha value is -2.70. The van der Waals surface area contributed by atoms with Crippen LogP contribution < -0.4 is 5.73 Å². The van der Waals surface area contributed by atoms with E-state index in [1.807, 2.05) is 0 Å². The van der Waals surface area contributed by atoms with E-state index in [1.165, 1.54) is 0 Å². The maximum absolute atomic E-state index is 5.80. The largest absolute Gasteiger partial charge is 0.414 e. The molecule has 3 heterocycles. The van der Waals surface area contributed by atoms with Crippen LogP contribution in [0.25, 0.3) is 23.0 Å². The number of nitrogen functional groups attached to an aromatic ring is 1. The van der Waals surface area contributed by atoms with Crippen LogP contribution in [-0.4, -0.2) is 25.0 Å². The molecule has 7 nitrogen and oxygen atoms in total. The second kappa shape index (κ2) is 3.95. The Kier molecular flexibility index (Phi) is 2.30. The lowest BCUT2D eigenvalue weighted by atomic mass is 10.3. The van der Waals surface area contributed by atoms with Gasteiger partial charge in [0.25, 0.3) is 5.89 Å². The molecule has 0 aliphatic heterocycles. The Morgan fingerprint density at radius 3 is 2.56 bits per heavy atom. The lowest BCUT2D eigenvalue weighted by molar-refractivity contribution is 0.580. The fourth-order valence-corrected chi connectivity index (χ4v) is 1.60. The molecule has 7 heteroatoms. The van der Waals surface area contributed by atoms with Crippen LogP contribution in [0.3, 0.4) is 0 Å². The molecule has 18 heavy (non-hydrogen) atoms. The van der Waals surface area contributed by atoms with Crippen LogP contribution in [-0.2, 0) is 7.05 Å². The number of hydrogen-bond donors (Lipinski definition) is 1. The first-order chi connectivity index (χ1) is 8.74. The summed E-state index contributed by atoms with van der Waals surface area (Å²) in [6.45, 7) is 0. The molecule has 0 fully saturated rings. The van der Waals surface area contributed by atoms with Gasteiger partial charge in [-0.15, -0.1) is 10.2 Å².